The number of rotatable bonds is 2. The summed E-state index contributed by atoms with van der Waals surface area (Å²) in [6.45, 7) is 1.69. The van der Waals surface area contributed by atoms with Gasteiger partial charge in [-0.05, 0) is 36.2 Å². The number of carboxylic acid groups (broad SMARTS) is 1. The minimum Gasteiger partial charge on any atom is -0.478 e. The van der Waals surface area contributed by atoms with Crippen LogP contribution in [-0.4, -0.2) is 11.1 Å². The summed E-state index contributed by atoms with van der Waals surface area (Å²) >= 11 is 6.11. The van der Waals surface area contributed by atoms with E-state index in [1.165, 1.54) is 18.2 Å². The Kier molecular flexibility index (Phi) is 3.44. The first-order valence-corrected chi connectivity index (χ1v) is 5.87. The molecule has 0 spiro atoms. The minimum atomic E-state index is -1.13. The quantitative estimate of drug-likeness (QED) is 0.823. The fraction of sp³-hybridized carbons (Fsp3) is 0.0714. The van der Waals surface area contributed by atoms with Crippen molar-refractivity contribution in [1.82, 2.24) is 0 Å². The number of halogens is 2. The van der Waals surface area contributed by atoms with Gasteiger partial charge in [-0.15, -0.1) is 0 Å². The van der Waals surface area contributed by atoms with Gasteiger partial charge in [0.25, 0.3) is 0 Å². The summed E-state index contributed by atoms with van der Waals surface area (Å²) in [5.41, 5.74) is 7.80. The molecule has 0 saturated heterocycles. The normalized spacial score (nSPS) is 10.5. The van der Waals surface area contributed by atoms with Crippen LogP contribution in [-0.2, 0) is 0 Å². The van der Waals surface area contributed by atoms with Gasteiger partial charge in [-0.3, -0.25) is 0 Å². The molecular formula is C14H11ClFNO2. The van der Waals surface area contributed by atoms with Gasteiger partial charge < -0.3 is 10.8 Å². The zero-order valence-corrected chi connectivity index (χ0v) is 10.8. The van der Waals surface area contributed by atoms with Crippen LogP contribution < -0.4 is 5.73 Å². The lowest BCUT2D eigenvalue weighted by molar-refractivity contribution is 0.0698. The molecule has 2 aromatic rings. The first-order valence-electron chi connectivity index (χ1n) is 5.49. The summed E-state index contributed by atoms with van der Waals surface area (Å²) in [6.07, 6.45) is 0. The van der Waals surface area contributed by atoms with E-state index in [1.807, 2.05) is 0 Å². The van der Waals surface area contributed by atoms with Gasteiger partial charge in [0, 0.05) is 16.3 Å². The number of carbonyl (C=O) groups is 1. The molecule has 19 heavy (non-hydrogen) atoms. The molecule has 0 aromatic heterocycles. The molecule has 0 atom stereocenters. The Bertz CT molecular complexity index is 653. The van der Waals surface area contributed by atoms with Gasteiger partial charge in [0.1, 0.15) is 5.82 Å². The van der Waals surface area contributed by atoms with E-state index in [4.69, 9.17) is 22.4 Å². The predicted octanol–water partition coefficient (Wildman–Crippen LogP) is 3.73. The van der Waals surface area contributed by atoms with Crippen molar-refractivity contribution in [2.24, 2.45) is 0 Å². The lowest BCUT2D eigenvalue weighted by atomic mass is 9.96. The van der Waals surface area contributed by atoms with Crippen LogP contribution in [0, 0.1) is 12.7 Å². The van der Waals surface area contributed by atoms with Crippen LogP contribution in [0.4, 0.5) is 10.1 Å². The molecule has 0 heterocycles. The summed E-state index contributed by atoms with van der Waals surface area (Å²) in [4.78, 5) is 11.0. The molecule has 3 nitrogen and oxygen atoms in total. The van der Waals surface area contributed by atoms with Gasteiger partial charge in [-0.2, -0.15) is 0 Å². The molecule has 2 rings (SSSR count). The van der Waals surface area contributed by atoms with E-state index in [2.05, 4.69) is 0 Å². The molecule has 2 aromatic carbocycles. The Morgan fingerprint density at radius 2 is 1.89 bits per heavy atom. The Morgan fingerprint density at radius 3 is 2.42 bits per heavy atom. The number of benzene rings is 2. The number of hydrogen-bond acceptors (Lipinski definition) is 2. The van der Waals surface area contributed by atoms with Crippen LogP contribution in [0.5, 0.6) is 0 Å². The molecular weight excluding hydrogens is 269 g/mol. The molecule has 0 amide bonds. The van der Waals surface area contributed by atoms with Gasteiger partial charge in [0.05, 0.1) is 5.56 Å². The van der Waals surface area contributed by atoms with Gasteiger partial charge in [-0.1, -0.05) is 23.7 Å². The lowest BCUT2D eigenvalue weighted by Crippen LogP contribution is -2.05. The van der Waals surface area contributed by atoms with Crippen molar-refractivity contribution in [1.29, 1.82) is 0 Å². The van der Waals surface area contributed by atoms with Crippen LogP contribution in [0.25, 0.3) is 11.1 Å². The minimum absolute atomic E-state index is 0.0339. The molecule has 0 unspecified atom stereocenters. The summed E-state index contributed by atoms with van der Waals surface area (Å²) in [7, 11) is 0. The molecule has 98 valence electrons. The number of nitrogen functional groups attached to an aromatic ring is 1. The van der Waals surface area contributed by atoms with E-state index >= 15 is 0 Å². The van der Waals surface area contributed by atoms with Crippen molar-refractivity contribution >= 4 is 23.3 Å². The topological polar surface area (TPSA) is 63.3 Å². The van der Waals surface area contributed by atoms with Crippen molar-refractivity contribution < 1.29 is 14.3 Å². The number of nitrogens with two attached hydrogens (primary N) is 1. The number of aromatic carboxylic acids is 1. The number of anilines is 1. The lowest BCUT2D eigenvalue weighted by Gasteiger charge is -2.13. The van der Waals surface area contributed by atoms with Crippen molar-refractivity contribution in [2.45, 2.75) is 6.92 Å². The van der Waals surface area contributed by atoms with Gasteiger partial charge in [0.2, 0.25) is 0 Å². The average molecular weight is 280 g/mol. The third-order valence-electron chi connectivity index (χ3n) is 2.94. The Labute approximate surface area is 114 Å². The second-order valence-electron chi connectivity index (χ2n) is 4.13. The third kappa shape index (κ3) is 2.39. The van der Waals surface area contributed by atoms with Gasteiger partial charge in [-0.25, -0.2) is 9.18 Å². The molecule has 0 aliphatic heterocycles. The molecule has 0 fully saturated rings. The van der Waals surface area contributed by atoms with Crippen LogP contribution in [0.1, 0.15) is 15.9 Å². The summed E-state index contributed by atoms with van der Waals surface area (Å²) in [5.74, 6) is -1.49. The van der Waals surface area contributed by atoms with Crippen molar-refractivity contribution in [3.8, 4) is 11.1 Å². The standard InChI is InChI=1S/C14H11ClFNO2/c1-7-12(8-2-4-9(16)5-3-8)11(15)6-10(13(7)17)14(18)19/h2-6H,17H2,1H3,(H,18,19). The molecule has 0 bridgehead atoms. The van der Waals surface area contributed by atoms with E-state index in [-0.39, 0.29) is 22.1 Å². The highest BCUT2D eigenvalue weighted by Gasteiger charge is 2.17. The monoisotopic (exact) mass is 279 g/mol. The van der Waals surface area contributed by atoms with Crippen molar-refractivity contribution in [3.63, 3.8) is 0 Å². The van der Waals surface area contributed by atoms with E-state index in [9.17, 15) is 9.18 Å². The first-order chi connectivity index (χ1) is 8.91. The summed E-state index contributed by atoms with van der Waals surface area (Å²) < 4.78 is 12.9. The van der Waals surface area contributed by atoms with Crippen LogP contribution in [0.2, 0.25) is 5.02 Å². The van der Waals surface area contributed by atoms with Crippen LogP contribution in [0.3, 0.4) is 0 Å². The summed E-state index contributed by atoms with van der Waals surface area (Å²) in [6, 6.07) is 7.08. The highest BCUT2D eigenvalue weighted by atomic mass is 35.5. The van der Waals surface area contributed by atoms with Gasteiger partial charge in [0.15, 0.2) is 0 Å². The third-order valence-corrected chi connectivity index (χ3v) is 3.24. The van der Waals surface area contributed by atoms with E-state index in [1.54, 1.807) is 19.1 Å². The second kappa shape index (κ2) is 4.90. The zero-order valence-electron chi connectivity index (χ0n) is 10.1. The smallest absolute Gasteiger partial charge is 0.337 e. The fourth-order valence-electron chi connectivity index (χ4n) is 1.94. The number of carboxylic acids is 1. The van der Waals surface area contributed by atoms with Gasteiger partial charge >= 0.3 is 5.97 Å². The second-order valence-corrected chi connectivity index (χ2v) is 4.54. The van der Waals surface area contributed by atoms with Crippen LogP contribution >= 0.6 is 11.6 Å². The molecule has 0 aliphatic carbocycles. The van der Waals surface area contributed by atoms with Crippen molar-refractivity contribution in [2.75, 3.05) is 5.73 Å². The van der Waals surface area contributed by atoms with Crippen molar-refractivity contribution in [3.05, 3.63) is 52.3 Å². The SMILES string of the molecule is Cc1c(N)c(C(=O)O)cc(Cl)c1-c1ccc(F)cc1. The molecule has 0 aliphatic rings. The summed E-state index contributed by atoms with van der Waals surface area (Å²) in [5, 5.41) is 9.30. The highest BCUT2D eigenvalue weighted by Crippen LogP contribution is 2.36. The first kappa shape index (κ1) is 13.4. The maximum absolute atomic E-state index is 12.9. The Hall–Kier alpha value is -2.07. The van der Waals surface area contributed by atoms with Crippen LogP contribution in [0.15, 0.2) is 30.3 Å². The Morgan fingerprint density at radius 1 is 1.32 bits per heavy atom. The Balaban J connectivity index is 2.68. The molecule has 5 heteroatoms. The predicted molar refractivity (Wildman–Crippen MR) is 73.0 cm³/mol. The number of hydrogen-bond donors (Lipinski definition) is 2. The van der Waals surface area contributed by atoms with E-state index < -0.39 is 5.97 Å². The molecule has 0 saturated carbocycles. The molecule has 0 radical (unpaired) electrons. The van der Waals surface area contributed by atoms with E-state index in [0.29, 0.717) is 16.7 Å². The fourth-order valence-corrected chi connectivity index (χ4v) is 2.30. The maximum atomic E-state index is 12.9. The highest BCUT2D eigenvalue weighted by molar-refractivity contribution is 6.34. The average Bonchev–Trinajstić information content (AvgIpc) is 2.36. The molecule has 3 N–H and O–H groups in total. The van der Waals surface area contributed by atoms with E-state index in [0.717, 1.165) is 0 Å². The maximum Gasteiger partial charge on any atom is 0.337 e. The zero-order chi connectivity index (χ0) is 14.2. The largest absolute Gasteiger partial charge is 0.478 e.